The van der Waals surface area contributed by atoms with Crippen molar-refractivity contribution in [3.63, 3.8) is 0 Å². The number of nitro benzene ring substituents is 1. The molecule has 0 spiro atoms. The molecule has 0 aromatic heterocycles. The quantitative estimate of drug-likeness (QED) is 0.672. The van der Waals surface area contributed by atoms with Crippen LogP contribution < -0.4 is 5.32 Å². The molecule has 0 aliphatic heterocycles. The Morgan fingerprint density at radius 2 is 1.74 bits per heavy atom. The first-order chi connectivity index (χ1) is 10.7. The van der Waals surface area contributed by atoms with E-state index in [0.717, 1.165) is 11.3 Å². The van der Waals surface area contributed by atoms with Crippen LogP contribution in [0, 0.1) is 17.0 Å². The molecule has 2 aromatic rings. The number of benzene rings is 2. The Morgan fingerprint density at radius 1 is 1.09 bits per heavy atom. The molecule has 0 unspecified atom stereocenters. The first kappa shape index (κ1) is 16.7. The van der Waals surface area contributed by atoms with Crippen molar-refractivity contribution in [2.75, 3.05) is 5.32 Å². The van der Waals surface area contributed by atoms with E-state index in [0.29, 0.717) is 11.1 Å². The zero-order valence-corrected chi connectivity index (χ0v) is 13.7. The van der Waals surface area contributed by atoms with E-state index in [9.17, 15) is 14.9 Å². The van der Waals surface area contributed by atoms with Crippen LogP contribution in [-0.4, -0.2) is 10.8 Å². The molecule has 0 saturated carbocycles. The lowest BCUT2D eigenvalue weighted by atomic mass is 9.86. The largest absolute Gasteiger partial charge is 0.322 e. The van der Waals surface area contributed by atoms with Gasteiger partial charge in [-0.15, -0.1) is 0 Å². The van der Waals surface area contributed by atoms with Crippen molar-refractivity contribution >= 4 is 17.3 Å². The maximum Gasteiger partial charge on any atom is 0.273 e. The lowest BCUT2D eigenvalue weighted by Crippen LogP contribution is -2.19. The molecule has 0 fully saturated rings. The minimum absolute atomic E-state index is 0.0539. The summed E-state index contributed by atoms with van der Waals surface area (Å²) in [6.07, 6.45) is 0. The van der Waals surface area contributed by atoms with Crippen molar-refractivity contribution in [1.82, 2.24) is 0 Å². The van der Waals surface area contributed by atoms with Crippen LogP contribution in [0.1, 0.15) is 42.3 Å². The Bertz CT molecular complexity index is 761. The van der Waals surface area contributed by atoms with E-state index in [2.05, 4.69) is 26.1 Å². The second-order valence-corrected chi connectivity index (χ2v) is 6.46. The highest BCUT2D eigenvalue weighted by Crippen LogP contribution is 2.30. The van der Waals surface area contributed by atoms with E-state index in [-0.39, 0.29) is 17.0 Å². The lowest BCUT2D eigenvalue weighted by Gasteiger charge is -2.23. The monoisotopic (exact) mass is 312 g/mol. The molecule has 0 aliphatic carbocycles. The number of nitrogens with zero attached hydrogens (tertiary/aromatic N) is 1. The smallest absolute Gasteiger partial charge is 0.273 e. The number of carbonyl (C=O) groups excluding carboxylic acids is 1. The predicted octanol–water partition coefficient (Wildman–Crippen LogP) is 4.45. The van der Waals surface area contributed by atoms with Crippen LogP contribution in [0.25, 0.3) is 0 Å². The minimum Gasteiger partial charge on any atom is -0.322 e. The molecule has 0 radical (unpaired) electrons. The van der Waals surface area contributed by atoms with E-state index in [4.69, 9.17) is 0 Å². The van der Waals surface area contributed by atoms with E-state index < -0.39 is 4.92 Å². The Hall–Kier alpha value is -2.69. The standard InChI is InChI=1S/C18H20N2O3/c1-12-13(8-7-11-16(12)20(22)23)17(21)19-15-10-6-5-9-14(15)18(2,3)4/h5-11H,1-4H3,(H,19,21). The highest BCUT2D eigenvalue weighted by molar-refractivity contribution is 6.06. The zero-order valence-electron chi connectivity index (χ0n) is 13.7. The predicted molar refractivity (Wildman–Crippen MR) is 90.9 cm³/mol. The number of hydrogen-bond donors (Lipinski definition) is 1. The number of carbonyl (C=O) groups is 1. The van der Waals surface area contributed by atoms with Gasteiger partial charge >= 0.3 is 0 Å². The average Bonchev–Trinajstić information content (AvgIpc) is 2.46. The number of nitrogens with one attached hydrogen (secondary N) is 1. The molecule has 2 aromatic carbocycles. The molecule has 1 N–H and O–H groups in total. The average molecular weight is 312 g/mol. The number of para-hydroxylation sites is 1. The lowest BCUT2D eigenvalue weighted by molar-refractivity contribution is -0.385. The Balaban J connectivity index is 2.38. The summed E-state index contributed by atoms with van der Waals surface area (Å²) in [6.45, 7) is 7.78. The van der Waals surface area contributed by atoms with Gasteiger partial charge in [0.1, 0.15) is 0 Å². The van der Waals surface area contributed by atoms with E-state index in [1.807, 2.05) is 24.3 Å². The second-order valence-electron chi connectivity index (χ2n) is 6.46. The van der Waals surface area contributed by atoms with Crippen LogP contribution in [0.5, 0.6) is 0 Å². The van der Waals surface area contributed by atoms with Crippen molar-refractivity contribution in [3.8, 4) is 0 Å². The van der Waals surface area contributed by atoms with Crippen LogP contribution in [0.15, 0.2) is 42.5 Å². The summed E-state index contributed by atoms with van der Waals surface area (Å²) in [5.41, 5.74) is 2.22. The maximum absolute atomic E-state index is 12.6. The fourth-order valence-electron chi connectivity index (χ4n) is 2.50. The van der Waals surface area contributed by atoms with Crippen molar-refractivity contribution in [3.05, 3.63) is 69.3 Å². The highest BCUT2D eigenvalue weighted by Gasteiger charge is 2.21. The Morgan fingerprint density at radius 3 is 2.35 bits per heavy atom. The number of rotatable bonds is 3. The third-order valence-corrected chi connectivity index (χ3v) is 3.73. The molecule has 1 amide bonds. The first-order valence-corrected chi connectivity index (χ1v) is 7.36. The maximum atomic E-state index is 12.6. The van der Waals surface area contributed by atoms with Crippen molar-refractivity contribution in [2.24, 2.45) is 0 Å². The fourth-order valence-corrected chi connectivity index (χ4v) is 2.50. The molecule has 120 valence electrons. The van der Waals surface area contributed by atoms with Gasteiger partial charge in [-0.05, 0) is 30.0 Å². The van der Waals surface area contributed by atoms with E-state index >= 15 is 0 Å². The molecule has 0 bridgehead atoms. The highest BCUT2D eigenvalue weighted by atomic mass is 16.6. The summed E-state index contributed by atoms with van der Waals surface area (Å²) in [5, 5.41) is 13.9. The summed E-state index contributed by atoms with van der Waals surface area (Å²) in [5.74, 6) is -0.345. The molecule has 23 heavy (non-hydrogen) atoms. The van der Waals surface area contributed by atoms with Gasteiger partial charge in [0, 0.05) is 22.9 Å². The van der Waals surface area contributed by atoms with Gasteiger partial charge in [-0.1, -0.05) is 45.0 Å². The topological polar surface area (TPSA) is 72.2 Å². The molecule has 0 atom stereocenters. The van der Waals surface area contributed by atoms with Gasteiger partial charge in [0.2, 0.25) is 0 Å². The number of nitro groups is 1. The minimum atomic E-state index is -0.477. The van der Waals surface area contributed by atoms with Gasteiger partial charge in [0.15, 0.2) is 0 Å². The van der Waals surface area contributed by atoms with E-state index in [1.165, 1.54) is 12.1 Å². The second kappa shape index (κ2) is 6.20. The van der Waals surface area contributed by atoms with Gasteiger partial charge in [-0.25, -0.2) is 0 Å². The van der Waals surface area contributed by atoms with Crippen molar-refractivity contribution in [2.45, 2.75) is 33.1 Å². The SMILES string of the molecule is Cc1c(C(=O)Nc2ccccc2C(C)(C)C)cccc1[N+](=O)[O-]. The molecule has 2 rings (SSSR count). The van der Waals surface area contributed by atoms with Gasteiger partial charge in [-0.2, -0.15) is 0 Å². The van der Waals surface area contributed by atoms with Gasteiger partial charge < -0.3 is 5.32 Å². The molecule has 0 heterocycles. The first-order valence-electron chi connectivity index (χ1n) is 7.36. The summed E-state index contributed by atoms with van der Waals surface area (Å²) >= 11 is 0. The van der Waals surface area contributed by atoms with Crippen LogP contribution >= 0.6 is 0 Å². The normalized spacial score (nSPS) is 11.1. The molecular weight excluding hydrogens is 292 g/mol. The van der Waals surface area contributed by atoms with Crippen molar-refractivity contribution in [1.29, 1.82) is 0 Å². The van der Waals surface area contributed by atoms with Crippen molar-refractivity contribution < 1.29 is 9.72 Å². The molecule has 0 aliphatic rings. The Labute approximate surface area is 135 Å². The Kier molecular flexibility index (Phi) is 4.50. The number of amides is 1. The van der Waals surface area contributed by atoms with Gasteiger partial charge in [0.25, 0.3) is 11.6 Å². The third-order valence-electron chi connectivity index (χ3n) is 3.73. The van der Waals surface area contributed by atoms with Crippen LogP contribution in [0.4, 0.5) is 11.4 Å². The van der Waals surface area contributed by atoms with E-state index in [1.54, 1.807) is 13.0 Å². The van der Waals surface area contributed by atoms with Crippen LogP contribution in [-0.2, 0) is 5.41 Å². The molecule has 5 nitrogen and oxygen atoms in total. The molecular formula is C18H20N2O3. The number of anilines is 1. The third kappa shape index (κ3) is 3.56. The summed E-state index contributed by atoms with van der Waals surface area (Å²) < 4.78 is 0. The zero-order chi connectivity index (χ0) is 17.2. The molecule has 5 heteroatoms. The van der Waals surface area contributed by atoms with Crippen LogP contribution in [0.2, 0.25) is 0 Å². The summed E-state index contributed by atoms with van der Waals surface area (Å²) in [4.78, 5) is 23.1. The molecule has 0 saturated heterocycles. The number of hydrogen-bond acceptors (Lipinski definition) is 3. The van der Waals surface area contributed by atoms with Gasteiger partial charge in [0.05, 0.1) is 4.92 Å². The van der Waals surface area contributed by atoms with Gasteiger partial charge in [-0.3, -0.25) is 14.9 Å². The van der Waals surface area contributed by atoms with Crippen LogP contribution in [0.3, 0.4) is 0 Å². The summed E-state index contributed by atoms with van der Waals surface area (Å²) in [7, 11) is 0. The summed E-state index contributed by atoms with van der Waals surface area (Å²) in [6, 6.07) is 12.1. The fraction of sp³-hybridized carbons (Fsp3) is 0.278.